The highest BCUT2D eigenvalue weighted by molar-refractivity contribution is 5.95. The normalized spacial score (nSPS) is 15.3. The first-order valence-electron chi connectivity index (χ1n) is 8.34. The Labute approximate surface area is 152 Å². The summed E-state index contributed by atoms with van der Waals surface area (Å²) in [7, 11) is 1.61. The van der Waals surface area contributed by atoms with Gasteiger partial charge in [-0.25, -0.2) is 5.43 Å². The average molecular weight is 354 g/mol. The number of hydrazone groups is 1. The molecule has 2 aromatic rings. The van der Waals surface area contributed by atoms with Crippen molar-refractivity contribution in [3.8, 4) is 17.2 Å². The van der Waals surface area contributed by atoms with Crippen molar-refractivity contribution in [2.45, 2.75) is 13.8 Å². The van der Waals surface area contributed by atoms with Gasteiger partial charge in [0.15, 0.2) is 11.5 Å². The molecule has 1 aliphatic rings. The van der Waals surface area contributed by atoms with Crippen LogP contribution < -0.4 is 19.6 Å². The smallest absolute Gasteiger partial charge is 0.271 e. The highest BCUT2D eigenvalue weighted by Gasteiger charge is 2.25. The van der Waals surface area contributed by atoms with Gasteiger partial charge in [-0.1, -0.05) is 13.8 Å². The van der Waals surface area contributed by atoms with Crippen LogP contribution >= 0.6 is 0 Å². The van der Waals surface area contributed by atoms with E-state index in [9.17, 15) is 4.79 Å². The van der Waals surface area contributed by atoms with Crippen LogP contribution in [0.3, 0.4) is 0 Å². The molecule has 1 aliphatic heterocycles. The fourth-order valence-corrected chi connectivity index (χ4v) is 2.39. The lowest BCUT2D eigenvalue weighted by Gasteiger charge is -2.19. The molecule has 0 saturated carbocycles. The minimum atomic E-state index is -0.315. The molecular weight excluding hydrogens is 332 g/mol. The Balaban J connectivity index is 1.65. The SMILES string of the molecule is COc1ccc(/C=N\NC(=O)c2ccc3c(c2)OCC(C)(C)CO3)cc1. The second kappa shape index (κ2) is 7.47. The third kappa shape index (κ3) is 4.33. The zero-order valence-electron chi connectivity index (χ0n) is 15.1. The molecule has 0 unspecified atom stereocenters. The molecule has 0 fully saturated rings. The van der Waals surface area contributed by atoms with Crippen molar-refractivity contribution >= 4 is 12.1 Å². The van der Waals surface area contributed by atoms with Crippen molar-refractivity contribution in [3.63, 3.8) is 0 Å². The summed E-state index contributed by atoms with van der Waals surface area (Å²) >= 11 is 0. The minimum Gasteiger partial charge on any atom is -0.497 e. The quantitative estimate of drug-likeness (QED) is 0.676. The van der Waals surface area contributed by atoms with Crippen LogP contribution in [0.1, 0.15) is 29.8 Å². The largest absolute Gasteiger partial charge is 0.497 e. The number of hydrogen-bond acceptors (Lipinski definition) is 5. The van der Waals surface area contributed by atoms with Gasteiger partial charge in [-0.2, -0.15) is 5.10 Å². The highest BCUT2D eigenvalue weighted by atomic mass is 16.5. The Bertz CT molecular complexity index is 813. The Kier molecular flexibility index (Phi) is 5.11. The van der Waals surface area contributed by atoms with Gasteiger partial charge in [0.1, 0.15) is 5.75 Å². The predicted molar refractivity (Wildman–Crippen MR) is 99.3 cm³/mol. The third-order valence-electron chi connectivity index (χ3n) is 3.94. The average Bonchev–Trinajstić information content (AvgIpc) is 2.80. The van der Waals surface area contributed by atoms with Crippen molar-refractivity contribution in [1.29, 1.82) is 0 Å². The van der Waals surface area contributed by atoms with Crippen molar-refractivity contribution in [2.75, 3.05) is 20.3 Å². The molecule has 0 radical (unpaired) electrons. The first-order chi connectivity index (χ1) is 12.5. The van der Waals surface area contributed by atoms with Crippen LogP contribution in [-0.4, -0.2) is 32.4 Å². The minimum absolute atomic E-state index is 0.0793. The summed E-state index contributed by atoms with van der Waals surface area (Å²) in [5, 5.41) is 3.99. The Hall–Kier alpha value is -3.02. The maximum absolute atomic E-state index is 12.3. The molecule has 1 heterocycles. The first-order valence-corrected chi connectivity index (χ1v) is 8.34. The molecule has 6 heteroatoms. The standard InChI is InChI=1S/C20H22N2O4/c1-20(2)12-25-17-9-6-15(10-18(17)26-13-20)19(23)22-21-11-14-4-7-16(24-3)8-5-14/h4-11H,12-13H2,1-3H3,(H,22,23)/b21-11-. The predicted octanol–water partition coefficient (Wildman–Crippen LogP) is 3.26. The molecule has 0 saturated heterocycles. The number of rotatable bonds is 4. The number of carbonyl (C=O) groups is 1. The van der Waals surface area contributed by atoms with E-state index in [4.69, 9.17) is 14.2 Å². The number of methoxy groups -OCH3 is 1. The highest BCUT2D eigenvalue weighted by Crippen LogP contribution is 2.34. The molecule has 136 valence electrons. The number of amides is 1. The second-order valence-corrected chi connectivity index (χ2v) is 6.88. The Morgan fingerprint density at radius 1 is 1.12 bits per heavy atom. The van der Waals surface area contributed by atoms with Crippen LogP contribution in [-0.2, 0) is 0 Å². The number of nitrogens with zero attached hydrogens (tertiary/aromatic N) is 1. The second-order valence-electron chi connectivity index (χ2n) is 6.88. The number of nitrogens with one attached hydrogen (secondary N) is 1. The van der Waals surface area contributed by atoms with Crippen molar-refractivity contribution in [3.05, 3.63) is 53.6 Å². The van der Waals surface area contributed by atoms with Gasteiger partial charge in [-0.3, -0.25) is 4.79 Å². The van der Waals surface area contributed by atoms with Gasteiger partial charge < -0.3 is 14.2 Å². The molecule has 3 rings (SSSR count). The topological polar surface area (TPSA) is 69.2 Å². The lowest BCUT2D eigenvalue weighted by molar-refractivity contribution is 0.0954. The summed E-state index contributed by atoms with van der Waals surface area (Å²) in [5.74, 6) is 1.67. The molecule has 1 amide bonds. The Morgan fingerprint density at radius 2 is 1.81 bits per heavy atom. The summed E-state index contributed by atoms with van der Waals surface area (Å²) in [6.45, 7) is 5.24. The summed E-state index contributed by atoms with van der Waals surface area (Å²) in [4.78, 5) is 12.3. The van der Waals surface area contributed by atoms with E-state index < -0.39 is 0 Å². The van der Waals surface area contributed by atoms with Crippen LogP contribution in [0.2, 0.25) is 0 Å². The molecule has 0 aromatic heterocycles. The number of hydrogen-bond donors (Lipinski definition) is 1. The summed E-state index contributed by atoms with van der Waals surface area (Å²) < 4.78 is 16.7. The van der Waals surface area contributed by atoms with E-state index in [2.05, 4.69) is 24.4 Å². The maximum Gasteiger partial charge on any atom is 0.271 e. The van der Waals surface area contributed by atoms with Crippen molar-refractivity contribution in [1.82, 2.24) is 5.43 Å². The van der Waals surface area contributed by atoms with Gasteiger partial charge in [-0.15, -0.1) is 0 Å². The zero-order chi connectivity index (χ0) is 18.6. The molecule has 0 atom stereocenters. The van der Waals surface area contributed by atoms with Crippen molar-refractivity contribution < 1.29 is 19.0 Å². The lowest BCUT2D eigenvalue weighted by Crippen LogP contribution is -2.26. The fraction of sp³-hybridized carbons (Fsp3) is 0.300. The number of carbonyl (C=O) groups excluding carboxylic acids is 1. The third-order valence-corrected chi connectivity index (χ3v) is 3.94. The van der Waals surface area contributed by atoms with Crippen LogP contribution in [0.15, 0.2) is 47.6 Å². The monoisotopic (exact) mass is 354 g/mol. The van der Waals surface area contributed by atoms with Gasteiger partial charge in [0.2, 0.25) is 0 Å². The van der Waals surface area contributed by atoms with Gasteiger partial charge in [-0.05, 0) is 48.0 Å². The van der Waals surface area contributed by atoms with Crippen molar-refractivity contribution in [2.24, 2.45) is 10.5 Å². The fourth-order valence-electron chi connectivity index (χ4n) is 2.39. The molecule has 0 aliphatic carbocycles. The van der Waals surface area contributed by atoms with E-state index in [-0.39, 0.29) is 11.3 Å². The summed E-state index contributed by atoms with van der Waals surface area (Å²) in [6, 6.07) is 12.5. The molecule has 0 bridgehead atoms. The van der Waals surface area contributed by atoms with E-state index in [0.717, 1.165) is 11.3 Å². The van der Waals surface area contributed by atoms with Crippen LogP contribution in [0.4, 0.5) is 0 Å². The van der Waals surface area contributed by atoms with Crippen LogP contribution in [0, 0.1) is 5.41 Å². The van der Waals surface area contributed by atoms with Gasteiger partial charge in [0.05, 0.1) is 26.5 Å². The number of benzene rings is 2. The van der Waals surface area contributed by atoms with E-state index >= 15 is 0 Å². The molecule has 6 nitrogen and oxygen atoms in total. The van der Waals surface area contributed by atoms with E-state index in [1.54, 1.807) is 31.5 Å². The van der Waals surface area contributed by atoms with E-state index in [1.807, 2.05) is 24.3 Å². The van der Waals surface area contributed by atoms with Crippen LogP contribution in [0.5, 0.6) is 17.2 Å². The molecule has 1 N–H and O–H groups in total. The van der Waals surface area contributed by atoms with Gasteiger partial charge in [0.25, 0.3) is 5.91 Å². The molecule has 26 heavy (non-hydrogen) atoms. The summed E-state index contributed by atoms with van der Waals surface area (Å²) in [5.41, 5.74) is 3.75. The lowest BCUT2D eigenvalue weighted by atomic mass is 9.97. The van der Waals surface area contributed by atoms with Gasteiger partial charge in [0, 0.05) is 11.0 Å². The van der Waals surface area contributed by atoms with E-state index in [0.29, 0.717) is 30.3 Å². The maximum atomic E-state index is 12.3. The zero-order valence-corrected chi connectivity index (χ0v) is 15.1. The molecular formula is C20H22N2O4. The Morgan fingerprint density at radius 3 is 2.50 bits per heavy atom. The summed E-state index contributed by atoms with van der Waals surface area (Å²) in [6.07, 6.45) is 1.57. The van der Waals surface area contributed by atoms with E-state index in [1.165, 1.54) is 0 Å². The number of ether oxygens (including phenoxy) is 3. The molecule has 2 aromatic carbocycles. The van der Waals surface area contributed by atoms with Crippen LogP contribution in [0.25, 0.3) is 0 Å². The number of fused-ring (bicyclic) bond motifs is 1. The van der Waals surface area contributed by atoms with Gasteiger partial charge >= 0.3 is 0 Å². The first kappa shape index (κ1) is 17.8. The molecule has 0 spiro atoms.